The Morgan fingerprint density at radius 1 is 1.53 bits per heavy atom. The summed E-state index contributed by atoms with van der Waals surface area (Å²) in [5.74, 6) is 0.642. The molecule has 2 rings (SSSR count). The van der Waals surface area contributed by atoms with Gasteiger partial charge in [0.2, 0.25) is 0 Å². The Morgan fingerprint density at radius 2 is 2.26 bits per heavy atom. The maximum Gasteiger partial charge on any atom is 0.261 e. The number of aliphatic hydroxyl groups excluding tert-OH is 1. The van der Waals surface area contributed by atoms with Crippen molar-refractivity contribution in [3.05, 3.63) is 21.4 Å². The van der Waals surface area contributed by atoms with Gasteiger partial charge in [-0.3, -0.25) is 4.79 Å². The van der Waals surface area contributed by atoms with Gasteiger partial charge in [0.25, 0.3) is 5.91 Å². The summed E-state index contributed by atoms with van der Waals surface area (Å²) in [7, 11) is 0. The molecular weight excluding hydrogens is 258 g/mol. The Morgan fingerprint density at radius 3 is 2.89 bits per heavy atom. The van der Waals surface area contributed by atoms with Crippen molar-refractivity contribution in [1.29, 1.82) is 0 Å². The van der Waals surface area contributed by atoms with E-state index in [-0.39, 0.29) is 12.5 Å². The van der Waals surface area contributed by atoms with Crippen molar-refractivity contribution in [2.24, 2.45) is 11.3 Å². The van der Waals surface area contributed by atoms with Gasteiger partial charge >= 0.3 is 0 Å². The lowest BCUT2D eigenvalue weighted by molar-refractivity contribution is 0.0949. The van der Waals surface area contributed by atoms with Gasteiger partial charge in [-0.05, 0) is 42.2 Å². The smallest absolute Gasteiger partial charge is 0.261 e. The highest BCUT2D eigenvalue weighted by molar-refractivity contribution is 7.14. The summed E-state index contributed by atoms with van der Waals surface area (Å²) in [6.45, 7) is 7.20. The van der Waals surface area contributed by atoms with Crippen molar-refractivity contribution in [3.63, 3.8) is 0 Å². The van der Waals surface area contributed by atoms with Crippen LogP contribution in [-0.4, -0.2) is 24.2 Å². The van der Waals surface area contributed by atoms with Crippen LogP contribution in [-0.2, 0) is 12.8 Å². The zero-order valence-electron chi connectivity index (χ0n) is 12.0. The fourth-order valence-electron chi connectivity index (χ4n) is 2.63. The zero-order chi connectivity index (χ0) is 14.0. The van der Waals surface area contributed by atoms with E-state index < -0.39 is 0 Å². The van der Waals surface area contributed by atoms with E-state index >= 15 is 0 Å². The number of aliphatic hydroxyl groups is 1. The molecule has 4 heteroatoms. The van der Waals surface area contributed by atoms with Crippen LogP contribution >= 0.6 is 11.3 Å². The lowest BCUT2D eigenvalue weighted by Gasteiger charge is -2.33. The molecule has 1 aromatic rings. The topological polar surface area (TPSA) is 49.3 Å². The van der Waals surface area contributed by atoms with Gasteiger partial charge in [-0.25, -0.2) is 0 Å². The van der Waals surface area contributed by atoms with Crippen molar-refractivity contribution in [2.45, 2.75) is 40.0 Å². The number of fused-ring (bicyclic) bond motifs is 1. The SMILES string of the molecule is CC(C)(C)C1CCc2sc(C(=O)NCCO)cc2C1. The maximum absolute atomic E-state index is 11.9. The number of hydrogen-bond acceptors (Lipinski definition) is 3. The standard InChI is InChI=1S/C15H23NO2S/c1-15(2,3)11-4-5-12-10(8-11)9-13(19-12)14(18)16-6-7-17/h9,11,17H,4-8H2,1-3H3,(H,16,18). The Hall–Kier alpha value is -0.870. The number of nitrogens with one attached hydrogen (secondary N) is 1. The number of hydrogen-bond donors (Lipinski definition) is 2. The third-order valence-electron chi connectivity index (χ3n) is 3.93. The molecule has 0 radical (unpaired) electrons. The van der Waals surface area contributed by atoms with Crippen molar-refractivity contribution in [1.82, 2.24) is 5.32 Å². The maximum atomic E-state index is 11.9. The van der Waals surface area contributed by atoms with Crippen LogP contribution < -0.4 is 5.32 Å². The minimum atomic E-state index is -0.0549. The highest BCUT2D eigenvalue weighted by Crippen LogP contribution is 2.39. The van der Waals surface area contributed by atoms with Gasteiger partial charge < -0.3 is 10.4 Å². The lowest BCUT2D eigenvalue weighted by Crippen LogP contribution is -2.26. The van der Waals surface area contributed by atoms with Crippen LogP contribution in [0.5, 0.6) is 0 Å². The number of rotatable bonds is 3. The second kappa shape index (κ2) is 5.63. The first-order valence-electron chi connectivity index (χ1n) is 6.92. The Balaban J connectivity index is 2.10. The molecule has 1 aliphatic rings. The van der Waals surface area contributed by atoms with Gasteiger partial charge in [-0.2, -0.15) is 0 Å². The third kappa shape index (κ3) is 3.37. The third-order valence-corrected chi connectivity index (χ3v) is 5.16. The van der Waals surface area contributed by atoms with Crippen LogP contribution in [0.2, 0.25) is 0 Å². The monoisotopic (exact) mass is 281 g/mol. The predicted octanol–water partition coefficient (Wildman–Crippen LogP) is 2.62. The molecule has 2 N–H and O–H groups in total. The second-order valence-corrected chi connectivity index (χ2v) is 7.48. The quantitative estimate of drug-likeness (QED) is 0.895. The van der Waals surface area contributed by atoms with Crippen LogP contribution in [0.1, 0.15) is 47.3 Å². The molecule has 0 spiro atoms. The number of carbonyl (C=O) groups is 1. The van der Waals surface area contributed by atoms with Gasteiger partial charge in [0.05, 0.1) is 11.5 Å². The Bertz CT molecular complexity index is 459. The molecular formula is C15H23NO2S. The summed E-state index contributed by atoms with van der Waals surface area (Å²) in [4.78, 5) is 14.0. The van der Waals surface area contributed by atoms with E-state index in [2.05, 4.69) is 26.1 Å². The van der Waals surface area contributed by atoms with Crippen LogP contribution in [0.15, 0.2) is 6.07 Å². The van der Waals surface area contributed by atoms with Crippen molar-refractivity contribution in [2.75, 3.05) is 13.2 Å². The molecule has 0 fully saturated rings. The van der Waals surface area contributed by atoms with E-state index in [9.17, 15) is 4.79 Å². The fraction of sp³-hybridized carbons (Fsp3) is 0.667. The molecule has 106 valence electrons. The van der Waals surface area contributed by atoms with Crippen LogP contribution in [0, 0.1) is 11.3 Å². The Labute approximate surface area is 119 Å². The molecule has 1 aliphatic carbocycles. The largest absolute Gasteiger partial charge is 0.395 e. The summed E-state index contributed by atoms with van der Waals surface area (Å²) in [6.07, 6.45) is 3.40. The molecule has 19 heavy (non-hydrogen) atoms. The Kier molecular flexibility index (Phi) is 4.31. The minimum absolute atomic E-state index is 0.0110. The van der Waals surface area contributed by atoms with Gasteiger partial charge in [-0.15, -0.1) is 11.3 Å². The van der Waals surface area contributed by atoms with E-state index in [4.69, 9.17) is 5.11 Å². The van der Waals surface area contributed by atoms with Gasteiger partial charge in [0, 0.05) is 11.4 Å². The lowest BCUT2D eigenvalue weighted by atomic mass is 9.72. The normalized spacial score (nSPS) is 19.1. The molecule has 0 saturated heterocycles. The van der Waals surface area contributed by atoms with E-state index in [1.165, 1.54) is 16.9 Å². The zero-order valence-corrected chi connectivity index (χ0v) is 12.8. The van der Waals surface area contributed by atoms with Crippen LogP contribution in [0.25, 0.3) is 0 Å². The van der Waals surface area contributed by atoms with Crippen LogP contribution in [0.4, 0.5) is 0 Å². The molecule has 0 bridgehead atoms. The minimum Gasteiger partial charge on any atom is -0.395 e. The molecule has 1 atom stereocenters. The van der Waals surface area contributed by atoms with Crippen molar-refractivity contribution < 1.29 is 9.90 Å². The summed E-state index contributed by atoms with van der Waals surface area (Å²) < 4.78 is 0. The van der Waals surface area contributed by atoms with E-state index in [1.807, 2.05) is 6.07 Å². The molecule has 1 aromatic heterocycles. The average molecular weight is 281 g/mol. The number of carbonyl (C=O) groups excluding carboxylic acids is 1. The molecule has 1 amide bonds. The van der Waals surface area contributed by atoms with Crippen molar-refractivity contribution in [3.8, 4) is 0 Å². The molecule has 0 saturated carbocycles. The fourth-order valence-corrected chi connectivity index (χ4v) is 3.76. The van der Waals surface area contributed by atoms with E-state index in [0.717, 1.165) is 17.7 Å². The highest BCUT2D eigenvalue weighted by Gasteiger charge is 2.30. The predicted molar refractivity (Wildman–Crippen MR) is 78.7 cm³/mol. The van der Waals surface area contributed by atoms with Gasteiger partial charge in [-0.1, -0.05) is 20.8 Å². The highest BCUT2D eigenvalue weighted by atomic mass is 32.1. The first kappa shape index (κ1) is 14.5. The van der Waals surface area contributed by atoms with E-state index in [0.29, 0.717) is 17.9 Å². The summed E-state index contributed by atoms with van der Waals surface area (Å²) in [5, 5.41) is 11.5. The van der Waals surface area contributed by atoms with E-state index in [1.54, 1.807) is 11.3 Å². The molecule has 0 aromatic carbocycles. The summed E-state index contributed by atoms with van der Waals surface area (Å²) in [5.41, 5.74) is 1.68. The van der Waals surface area contributed by atoms with Crippen molar-refractivity contribution >= 4 is 17.2 Å². The number of aryl methyl sites for hydroxylation is 1. The summed E-state index contributed by atoms with van der Waals surface area (Å²) in [6, 6.07) is 2.05. The first-order chi connectivity index (χ1) is 8.91. The molecule has 0 aliphatic heterocycles. The molecule has 1 unspecified atom stereocenters. The average Bonchev–Trinajstić information content (AvgIpc) is 2.77. The molecule has 3 nitrogen and oxygen atoms in total. The van der Waals surface area contributed by atoms with Gasteiger partial charge in [0.15, 0.2) is 0 Å². The second-order valence-electron chi connectivity index (χ2n) is 6.34. The first-order valence-corrected chi connectivity index (χ1v) is 7.74. The number of thiophene rings is 1. The number of amides is 1. The summed E-state index contributed by atoms with van der Waals surface area (Å²) >= 11 is 1.61. The van der Waals surface area contributed by atoms with Gasteiger partial charge in [0.1, 0.15) is 0 Å². The van der Waals surface area contributed by atoms with Crippen LogP contribution in [0.3, 0.4) is 0 Å². The molecule has 1 heterocycles.